The number of hydrogen-bond acceptors (Lipinski definition) is 5. The third-order valence-electron chi connectivity index (χ3n) is 4.96. The number of aryl methyl sites for hydroxylation is 1. The molecule has 1 saturated heterocycles. The number of non-ortho nitro benzene ring substituents is 1. The summed E-state index contributed by atoms with van der Waals surface area (Å²) >= 11 is 0. The van der Waals surface area contributed by atoms with Gasteiger partial charge in [-0.2, -0.15) is 0 Å². The largest absolute Gasteiger partial charge is 0.368 e. The summed E-state index contributed by atoms with van der Waals surface area (Å²) in [7, 11) is 0. The Balaban J connectivity index is 1.43. The molecular formula is C21H24N4O4. The lowest BCUT2D eigenvalue weighted by molar-refractivity contribution is -0.384. The molecule has 0 spiro atoms. The van der Waals surface area contributed by atoms with E-state index in [1.54, 1.807) is 23.1 Å². The molecule has 1 aliphatic rings. The maximum atomic E-state index is 12.4. The first-order chi connectivity index (χ1) is 13.9. The van der Waals surface area contributed by atoms with E-state index in [0.717, 1.165) is 11.3 Å². The van der Waals surface area contributed by atoms with E-state index in [1.807, 2.05) is 25.1 Å². The molecule has 2 aromatic rings. The number of nitrogens with one attached hydrogen (secondary N) is 1. The van der Waals surface area contributed by atoms with Crippen LogP contribution in [-0.2, 0) is 4.79 Å². The zero-order chi connectivity index (χ0) is 20.8. The van der Waals surface area contributed by atoms with Crippen molar-refractivity contribution in [3.63, 3.8) is 0 Å². The van der Waals surface area contributed by atoms with Crippen LogP contribution >= 0.6 is 0 Å². The molecular weight excluding hydrogens is 372 g/mol. The molecule has 8 heteroatoms. The SMILES string of the molecule is Cc1cccc(C(=O)NCCC(=O)N2CCN(c3ccc([N+](=O)[O-])cc3)CC2)c1. The Bertz CT molecular complexity index is 890. The van der Waals surface area contributed by atoms with Crippen molar-refractivity contribution in [2.45, 2.75) is 13.3 Å². The van der Waals surface area contributed by atoms with Crippen LogP contribution in [0, 0.1) is 17.0 Å². The van der Waals surface area contributed by atoms with Gasteiger partial charge in [0.1, 0.15) is 0 Å². The van der Waals surface area contributed by atoms with Gasteiger partial charge in [0, 0.05) is 62.5 Å². The van der Waals surface area contributed by atoms with Crippen LogP contribution in [-0.4, -0.2) is 54.4 Å². The molecule has 152 valence electrons. The van der Waals surface area contributed by atoms with Gasteiger partial charge < -0.3 is 15.1 Å². The van der Waals surface area contributed by atoms with E-state index in [-0.39, 0.29) is 23.9 Å². The first-order valence-electron chi connectivity index (χ1n) is 9.56. The molecule has 0 unspecified atom stereocenters. The number of nitro benzene ring substituents is 1. The van der Waals surface area contributed by atoms with Gasteiger partial charge in [0.2, 0.25) is 5.91 Å². The zero-order valence-electron chi connectivity index (χ0n) is 16.3. The summed E-state index contributed by atoms with van der Waals surface area (Å²) in [6.45, 7) is 4.73. The molecule has 1 heterocycles. The highest BCUT2D eigenvalue weighted by molar-refractivity contribution is 5.94. The maximum absolute atomic E-state index is 12.4. The van der Waals surface area contributed by atoms with Gasteiger partial charge in [0.15, 0.2) is 0 Å². The molecule has 2 aromatic carbocycles. The Morgan fingerprint density at radius 1 is 1.07 bits per heavy atom. The minimum atomic E-state index is -0.419. The lowest BCUT2D eigenvalue weighted by Gasteiger charge is -2.36. The van der Waals surface area contributed by atoms with Gasteiger partial charge in [-0.3, -0.25) is 19.7 Å². The van der Waals surface area contributed by atoms with Gasteiger partial charge in [-0.25, -0.2) is 0 Å². The fourth-order valence-corrected chi connectivity index (χ4v) is 3.33. The van der Waals surface area contributed by atoms with Crippen molar-refractivity contribution in [1.82, 2.24) is 10.2 Å². The number of piperazine rings is 1. The second-order valence-corrected chi connectivity index (χ2v) is 7.02. The van der Waals surface area contributed by atoms with Crippen molar-refractivity contribution in [3.8, 4) is 0 Å². The second-order valence-electron chi connectivity index (χ2n) is 7.02. The molecule has 0 aromatic heterocycles. The minimum absolute atomic E-state index is 0.0119. The first-order valence-corrected chi connectivity index (χ1v) is 9.56. The highest BCUT2D eigenvalue weighted by atomic mass is 16.6. The molecule has 1 N–H and O–H groups in total. The molecule has 0 radical (unpaired) electrons. The number of carbonyl (C=O) groups excluding carboxylic acids is 2. The summed E-state index contributed by atoms with van der Waals surface area (Å²) in [6.07, 6.45) is 0.259. The van der Waals surface area contributed by atoms with Crippen LogP contribution < -0.4 is 10.2 Å². The number of nitrogens with zero attached hydrogens (tertiary/aromatic N) is 3. The average Bonchev–Trinajstić information content (AvgIpc) is 2.73. The molecule has 1 aliphatic heterocycles. The van der Waals surface area contributed by atoms with Gasteiger partial charge in [0.25, 0.3) is 11.6 Å². The van der Waals surface area contributed by atoms with Crippen molar-refractivity contribution in [2.75, 3.05) is 37.6 Å². The normalized spacial score (nSPS) is 13.8. The van der Waals surface area contributed by atoms with Crippen LogP contribution in [0.25, 0.3) is 0 Å². The average molecular weight is 396 g/mol. The zero-order valence-corrected chi connectivity index (χ0v) is 16.3. The van der Waals surface area contributed by atoms with Crippen LogP contribution in [0.3, 0.4) is 0 Å². The lowest BCUT2D eigenvalue weighted by atomic mass is 10.1. The van der Waals surface area contributed by atoms with Crippen LogP contribution in [0.1, 0.15) is 22.3 Å². The molecule has 29 heavy (non-hydrogen) atoms. The topological polar surface area (TPSA) is 95.8 Å². The highest BCUT2D eigenvalue weighted by Crippen LogP contribution is 2.20. The van der Waals surface area contributed by atoms with E-state index < -0.39 is 4.92 Å². The first kappa shape index (κ1) is 20.3. The van der Waals surface area contributed by atoms with E-state index in [0.29, 0.717) is 38.3 Å². The number of rotatable bonds is 6. The number of anilines is 1. The fourth-order valence-electron chi connectivity index (χ4n) is 3.33. The fraction of sp³-hybridized carbons (Fsp3) is 0.333. The lowest BCUT2D eigenvalue weighted by Crippen LogP contribution is -2.49. The summed E-state index contributed by atoms with van der Waals surface area (Å²) < 4.78 is 0. The van der Waals surface area contributed by atoms with Crippen LogP contribution in [0.5, 0.6) is 0 Å². The highest BCUT2D eigenvalue weighted by Gasteiger charge is 2.21. The second kappa shape index (κ2) is 9.18. The van der Waals surface area contributed by atoms with Crippen LogP contribution in [0.15, 0.2) is 48.5 Å². The van der Waals surface area contributed by atoms with Crippen molar-refractivity contribution in [2.24, 2.45) is 0 Å². The Morgan fingerprint density at radius 2 is 1.76 bits per heavy atom. The van der Waals surface area contributed by atoms with Crippen molar-refractivity contribution >= 4 is 23.2 Å². The predicted octanol–water partition coefficient (Wildman–Crippen LogP) is 2.37. The molecule has 0 atom stereocenters. The summed E-state index contributed by atoms with van der Waals surface area (Å²) in [5, 5.41) is 13.5. The standard InChI is InChI=1S/C21H24N4O4/c1-16-3-2-4-17(15-16)21(27)22-10-9-20(26)24-13-11-23(12-14-24)18-5-7-19(8-6-18)25(28)29/h2-8,15H,9-14H2,1H3,(H,22,27). The molecule has 0 bridgehead atoms. The number of nitro groups is 1. The Morgan fingerprint density at radius 3 is 2.38 bits per heavy atom. The monoisotopic (exact) mass is 396 g/mol. The molecule has 2 amide bonds. The summed E-state index contributed by atoms with van der Waals surface area (Å²) in [5.74, 6) is -0.164. The van der Waals surface area contributed by atoms with Crippen molar-refractivity contribution in [3.05, 3.63) is 69.8 Å². The third kappa shape index (κ3) is 5.31. The van der Waals surface area contributed by atoms with E-state index in [9.17, 15) is 19.7 Å². The summed E-state index contributed by atoms with van der Waals surface area (Å²) in [4.78, 5) is 38.8. The maximum Gasteiger partial charge on any atom is 0.269 e. The Kier molecular flexibility index (Phi) is 6.43. The number of benzene rings is 2. The smallest absolute Gasteiger partial charge is 0.269 e. The van der Waals surface area contributed by atoms with Gasteiger partial charge >= 0.3 is 0 Å². The molecule has 8 nitrogen and oxygen atoms in total. The van der Waals surface area contributed by atoms with Gasteiger partial charge in [-0.15, -0.1) is 0 Å². The Labute approximate surface area is 169 Å². The molecule has 0 saturated carbocycles. The quantitative estimate of drug-likeness (QED) is 0.597. The van der Waals surface area contributed by atoms with Crippen molar-refractivity contribution in [1.29, 1.82) is 0 Å². The Hall–Kier alpha value is -3.42. The van der Waals surface area contributed by atoms with Gasteiger partial charge in [-0.05, 0) is 31.2 Å². The third-order valence-corrected chi connectivity index (χ3v) is 4.96. The van der Waals surface area contributed by atoms with Gasteiger partial charge in [-0.1, -0.05) is 17.7 Å². The van der Waals surface area contributed by atoms with Gasteiger partial charge in [0.05, 0.1) is 4.92 Å². The predicted molar refractivity (Wildman–Crippen MR) is 110 cm³/mol. The molecule has 0 aliphatic carbocycles. The van der Waals surface area contributed by atoms with E-state index in [1.165, 1.54) is 12.1 Å². The summed E-state index contributed by atoms with van der Waals surface area (Å²) in [6, 6.07) is 13.8. The number of hydrogen-bond donors (Lipinski definition) is 1. The van der Waals surface area contributed by atoms with Crippen LogP contribution in [0.2, 0.25) is 0 Å². The van der Waals surface area contributed by atoms with Crippen molar-refractivity contribution < 1.29 is 14.5 Å². The number of carbonyl (C=O) groups is 2. The molecule has 3 rings (SSSR count). The van der Waals surface area contributed by atoms with Crippen LogP contribution in [0.4, 0.5) is 11.4 Å². The van der Waals surface area contributed by atoms with E-state index in [2.05, 4.69) is 10.2 Å². The minimum Gasteiger partial charge on any atom is -0.368 e. The van der Waals surface area contributed by atoms with E-state index >= 15 is 0 Å². The van der Waals surface area contributed by atoms with E-state index in [4.69, 9.17) is 0 Å². The molecule has 1 fully saturated rings. The number of amides is 2. The summed E-state index contributed by atoms with van der Waals surface area (Å²) in [5.41, 5.74) is 2.58.